The van der Waals surface area contributed by atoms with Crippen LogP contribution in [0.1, 0.15) is 45.7 Å². The number of furan rings is 1. The van der Waals surface area contributed by atoms with Crippen LogP contribution in [0, 0.1) is 0 Å². The highest BCUT2D eigenvalue weighted by atomic mass is 32.2. The van der Waals surface area contributed by atoms with Crippen molar-refractivity contribution in [3.05, 3.63) is 41.3 Å². The predicted octanol–water partition coefficient (Wildman–Crippen LogP) is 5.71. The number of carbonyl (C=O) groups is 2. The minimum atomic E-state index is -4.19. The molecule has 29 heavy (non-hydrogen) atoms. The van der Waals surface area contributed by atoms with Crippen LogP contribution in [0.5, 0.6) is 0 Å². The number of thiazole rings is 1. The van der Waals surface area contributed by atoms with Crippen LogP contribution in [-0.4, -0.2) is 28.6 Å². The highest BCUT2D eigenvalue weighted by Gasteiger charge is 2.28. The van der Waals surface area contributed by atoms with Crippen molar-refractivity contribution < 1.29 is 27.2 Å². The Labute approximate surface area is 171 Å². The second-order valence-electron chi connectivity index (χ2n) is 6.55. The number of halogens is 3. The number of Topliss-reactive ketones (excluding diaryl/α,β-unsaturated/α-hetero) is 1. The van der Waals surface area contributed by atoms with Gasteiger partial charge in [0.05, 0.1) is 27.8 Å². The van der Waals surface area contributed by atoms with E-state index in [1.165, 1.54) is 17.6 Å². The predicted molar refractivity (Wildman–Crippen MR) is 105 cm³/mol. The van der Waals surface area contributed by atoms with E-state index in [0.29, 0.717) is 46.1 Å². The van der Waals surface area contributed by atoms with Gasteiger partial charge in [0, 0.05) is 24.3 Å². The highest BCUT2D eigenvalue weighted by molar-refractivity contribution is 8.01. The SMILES string of the molecule is O=C(Nc1ccc2nc(SCCC(F)(F)F)sc2c1)c1coc2c1C(=O)CCC2. The molecule has 0 aliphatic heterocycles. The number of thioether (sulfide) groups is 1. The molecule has 2 heterocycles. The number of carbonyl (C=O) groups excluding carboxylic acids is 2. The Morgan fingerprint density at radius 3 is 2.93 bits per heavy atom. The van der Waals surface area contributed by atoms with Crippen molar-refractivity contribution in [3.8, 4) is 0 Å². The molecule has 0 saturated carbocycles. The van der Waals surface area contributed by atoms with Crippen LogP contribution in [0.15, 0.2) is 33.2 Å². The Morgan fingerprint density at radius 1 is 1.31 bits per heavy atom. The number of benzene rings is 1. The summed E-state index contributed by atoms with van der Waals surface area (Å²) in [4.78, 5) is 29.1. The van der Waals surface area contributed by atoms with Gasteiger partial charge in [0.15, 0.2) is 10.1 Å². The molecule has 0 bridgehead atoms. The Balaban J connectivity index is 1.48. The van der Waals surface area contributed by atoms with Gasteiger partial charge in [-0.2, -0.15) is 13.2 Å². The summed E-state index contributed by atoms with van der Waals surface area (Å²) >= 11 is 2.33. The van der Waals surface area contributed by atoms with Crippen molar-refractivity contribution in [2.24, 2.45) is 0 Å². The maximum absolute atomic E-state index is 12.6. The average Bonchev–Trinajstić information content (AvgIpc) is 3.24. The zero-order valence-corrected chi connectivity index (χ0v) is 16.6. The number of anilines is 1. The second-order valence-corrected chi connectivity index (χ2v) is 8.93. The Hall–Kier alpha value is -2.33. The summed E-state index contributed by atoms with van der Waals surface area (Å²) in [6.45, 7) is 0. The molecule has 1 aliphatic rings. The molecule has 2 aromatic heterocycles. The topological polar surface area (TPSA) is 72.2 Å². The van der Waals surface area contributed by atoms with Gasteiger partial charge in [-0.25, -0.2) is 4.98 Å². The maximum atomic E-state index is 12.6. The first-order valence-corrected chi connectivity index (χ1v) is 10.7. The summed E-state index contributed by atoms with van der Waals surface area (Å²) in [5.74, 6) is -0.0747. The van der Waals surface area contributed by atoms with Gasteiger partial charge in [-0.3, -0.25) is 9.59 Å². The molecule has 0 radical (unpaired) electrons. The van der Waals surface area contributed by atoms with Crippen LogP contribution in [-0.2, 0) is 6.42 Å². The Kier molecular flexibility index (Phi) is 5.39. The number of nitrogens with zero attached hydrogens (tertiary/aromatic N) is 1. The minimum Gasteiger partial charge on any atom is -0.468 e. The third-order valence-electron chi connectivity index (χ3n) is 4.44. The Morgan fingerprint density at radius 2 is 2.14 bits per heavy atom. The van der Waals surface area contributed by atoms with E-state index in [4.69, 9.17) is 4.42 Å². The molecule has 152 valence electrons. The molecule has 0 saturated heterocycles. The zero-order valence-electron chi connectivity index (χ0n) is 15.0. The summed E-state index contributed by atoms with van der Waals surface area (Å²) in [5, 5.41) is 2.75. The second kappa shape index (κ2) is 7.83. The molecule has 0 unspecified atom stereocenters. The number of amides is 1. The first-order valence-electron chi connectivity index (χ1n) is 8.85. The van der Waals surface area contributed by atoms with Crippen LogP contribution < -0.4 is 5.32 Å². The Bertz CT molecular complexity index is 1090. The summed E-state index contributed by atoms with van der Waals surface area (Å²) in [5.41, 5.74) is 1.74. The summed E-state index contributed by atoms with van der Waals surface area (Å²) in [6, 6.07) is 5.08. The van der Waals surface area contributed by atoms with Crippen LogP contribution in [0.3, 0.4) is 0 Å². The van der Waals surface area contributed by atoms with E-state index in [1.54, 1.807) is 18.2 Å². The maximum Gasteiger partial charge on any atom is 0.389 e. The lowest BCUT2D eigenvalue weighted by Crippen LogP contribution is -2.17. The van der Waals surface area contributed by atoms with Gasteiger partial charge in [0.2, 0.25) is 0 Å². The van der Waals surface area contributed by atoms with E-state index in [1.807, 2.05) is 0 Å². The fraction of sp³-hybridized carbons (Fsp3) is 0.316. The zero-order chi connectivity index (χ0) is 20.6. The lowest BCUT2D eigenvalue weighted by Gasteiger charge is -2.10. The van der Waals surface area contributed by atoms with E-state index in [0.717, 1.165) is 16.5 Å². The first-order chi connectivity index (χ1) is 13.8. The molecular weight excluding hydrogens is 425 g/mol. The number of hydrogen-bond acceptors (Lipinski definition) is 6. The van der Waals surface area contributed by atoms with Gasteiger partial charge in [-0.15, -0.1) is 11.3 Å². The third-order valence-corrected chi connectivity index (χ3v) is 6.60. The van der Waals surface area contributed by atoms with Crippen molar-refractivity contribution in [2.75, 3.05) is 11.1 Å². The van der Waals surface area contributed by atoms with E-state index in [2.05, 4.69) is 10.3 Å². The van der Waals surface area contributed by atoms with Crippen LogP contribution >= 0.6 is 23.1 Å². The van der Waals surface area contributed by atoms with Crippen molar-refractivity contribution in [1.29, 1.82) is 0 Å². The third kappa shape index (κ3) is 4.48. The van der Waals surface area contributed by atoms with Gasteiger partial charge in [-0.05, 0) is 24.6 Å². The van der Waals surface area contributed by atoms with Crippen LogP contribution in [0.25, 0.3) is 10.2 Å². The summed E-state index contributed by atoms with van der Waals surface area (Å²) in [7, 11) is 0. The molecular formula is C19H15F3N2O3S2. The van der Waals surface area contributed by atoms with Gasteiger partial charge < -0.3 is 9.73 Å². The van der Waals surface area contributed by atoms with Gasteiger partial charge in [-0.1, -0.05) is 11.8 Å². The molecule has 5 nitrogen and oxygen atoms in total. The van der Waals surface area contributed by atoms with E-state index in [9.17, 15) is 22.8 Å². The van der Waals surface area contributed by atoms with Crippen molar-refractivity contribution in [2.45, 2.75) is 36.2 Å². The standard InChI is InChI=1S/C19H15F3N2O3S2/c20-19(21,22)6-7-28-18-24-12-5-4-10(8-15(12)29-18)23-17(26)11-9-27-14-3-1-2-13(25)16(11)14/h4-5,8-9H,1-3,6-7H2,(H,23,26). The van der Waals surface area contributed by atoms with Gasteiger partial charge >= 0.3 is 6.18 Å². The quantitative estimate of drug-likeness (QED) is 0.515. The van der Waals surface area contributed by atoms with Gasteiger partial charge in [0.1, 0.15) is 12.0 Å². The number of rotatable bonds is 5. The molecule has 1 N–H and O–H groups in total. The molecule has 1 amide bonds. The first kappa shape index (κ1) is 20.0. The van der Waals surface area contributed by atoms with E-state index in [-0.39, 0.29) is 17.1 Å². The molecule has 1 aromatic carbocycles. The summed E-state index contributed by atoms with van der Waals surface area (Å²) in [6.07, 6.45) is -2.00. The number of alkyl halides is 3. The fourth-order valence-electron chi connectivity index (χ4n) is 3.08. The molecule has 0 fully saturated rings. The normalized spacial score (nSPS) is 14.2. The number of ketones is 1. The molecule has 0 atom stereocenters. The fourth-order valence-corrected chi connectivity index (χ4v) is 5.25. The van der Waals surface area contributed by atoms with Crippen molar-refractivity contribution in [3.63, 3.8) is 0 Å². The molecule has 3 aromatic rings. The smallest absolute Gasteiger partial charge is 0.389 e. The molecule has 10 heteroatoms. The van der Waals surface area contributed by atoms with Crippen LogP contribution in [0.2, 0.25) is 0 Å². The average molecular weight is 440 g/mol. The lowest BCUT2D eigenvalue weighted by atomic mass is 9.94. The molecule has 0 spiro atoms. The van der Waals surface area contributed by atoms with E-state index >= 15 is 0 Å². The number of nitrogens with one attached hydrogen (secondary N) is 1. The highest BCUT2D eigenvalue weighted by Crippen LogP contribution is 2.33. The molecule has 4 rings (SSSR count). The number of fused-ring (bicyclic) bond motifs is 2. The van der Waals surface area contributed by atoms with E-state index < -0.39 is 18.5 Å². The van der Waals surface area contributed by atoms with Crippen molar-refractivity contribution >= 4 is 50.7 Å². The van der Waals surface area contributed by atoms with Gasteiger partial charge in [0.25, 0.3) is 5.91 Å². The number of aromatic nitrogens is 1. The lowest BCUT2D eigenvalue weighted by molar-refractivity contribution is -0.129. The minimum absolute atomic E-state index is 0.0907. The van der Waals surface area contributed by atoms with Crippen molar-refractivity contribution in [1.82, 2.24) is 4.98 Å². The largest absolute Gasteiger partial charge is 0.468 e. The molecule has 1 aliphatic carbocycles. The number of hydrogen-bond donors (Lipinski definition) is 1. The van der Waals surface area contributed by atoms with Crippen LogP contribution in [0.4, 0.5) is 18.9 Å². The number of aryl methyl sites for hydroxylation is 1. The monoisotopic (exact) mass is 440 g/mol. The summed E-state index contributed by atoms with van der Waals surface area (Å²) < 4.78 is 43.5.